The van der Waals surface area contributed by atoms with Crippen LogP contribution in [0.25, 0.3) is 16.0 Å². The number of hydrogen-bond donors (Lipinski definition) is 0. The molecule has 8 rings (SSSR count). The van der Waals surface area contributed by atoms with E-state index in [-0.39, 0.29) is 46.6 Å². The molecule has 1 aliphatic rings. The topological polar surface area (TPSA) is 129 Å². The fourth-order valence-electron chi connectivity index (χ4n) is 3.92. The predicted molar refractivity (Wildman–Crippen MR) is 205 cm³/mol. The predicted octanol–water partition coefficient (Wildman–Crippen LogP) is 8.23. The Labute approximate surface area is 345 Å². The second-order valence-electron chi connectivity index (χ2n) is 10.4. The van der Waals surface area contributed by atoms with E-state index in [0.29, 0.717) is 34.9 Å². The summed E-state index contributed by atoms with van der Waals surface area (Å²) in [5.41, 5.74) is 1.32. The van der Waals surface area contributed by atoms with Crippen molar-refractivity contribution in [1.29, 1.82) is 0 Å². The van der Waals surface area contributed by atoms with Gasteiger partial charge in [0.25, 0.3) is 0 Å². The Morgan fingerprint density at radius 3 is 0.774 bits per heavy atom. The normalized spacial score (nSPS) is 10.4. The number of aromatic nitrogens is 6. The number of benzene rings is 1. The van der Waals surface area contributed by atoms with Gasteiger partial charge in [0.1, 0.15) is 0 Å². The van der Waals surface area contributed by atoms with Crippen LogP contribution in [0.5, 0.6) is 0 Å². The van der Waals surface area contributed by atoms with Crippen LogP contribution in [-0.2, 0) is 21.8 Å². The van der Waals surface area contributed by atoms with Crippen molar-refractivity contribution in [2.45, 2.75) is 19.8 Å². The molecule has 10 nitrogen and oxygen atoms in total. The third-order valence-electron chi connectivity index (χ3n) is 6.35. The average molecular weight is 754 g/mol. The number of hydrogen-bond acceptors (Lipinski definition) is 7. The van der Waals surface area contributed by atoms with Gasteiger partial charge < -0.3 is 50.6 Å². The molecule has 0 amide bonds. The first-order chi connectivity index (χ1) is 25.2. The van der Waals surface area contributed by atoms with Crippen molar-refractivity contribution in [3.8, 4) is 0 Å². The van der Waals surface area contributed by atoms with E-state index in [0.717, 1.165) is 13.2 Å². The molecule has 0 radical (unpaired) electrons. The molecule has 6 aromatic heterocycles. The molecule has 1 saturated heterocycles. The van der Waals surface area contributed by atoms with E-state index in [1.165, 1.54) is 18.4 Å². The molecular weight excluding hydrogens is 713 g/mol. The molecule has 0 spiro atoms. The summed E-state index contributed by atoms with van der Waals surface area (Å²) < 4.78 is 4.94. The van der Waals surface area contributed by atoms with Gasteiger partial charge in [-0.3, -0.25) is 0 Å². The van der Waals surface area contributed by atoms with E-state index in [1.807, 2.05) is 127 Å². The smallest absolute Gasteiger partial charge is 0.381 e. The molecule has 12 heteroatoms. The van der Waals surface area contributed by atoms with Crippen molar-refractivity contribution >= 4 is 34.9 Å². The zero-order valence-corrected chi connectivity index (χ0v) is 33.0. The Balaban J connectivity index is 0.000000235. The second kappa shape index (κ2) is 28.6. The van der Waals surface area contributed by atoms with Gasteiger partial charge in [-0.25, -0.2) is 0 Å². The first-order valence-electron chi connectivity index (χ1n) is 16.5. The maximum Gasteiger partial charge on any atom is 2.00 e. The van der Waals surface area contributed by atoms with Crippen LogP contribution in [0, 0.1) is 6.92 Å². The standard InChI is InChI=1S/3C10H8N3.C7H8.C4H8O.Fe.Na/c3*1-3-7-11-9(5-1)13-10-6-2-4-8-12-10;1-7-5-3-2-4-6-7;1-2-4-5-3-1;;/h3*1-8H;2-6H,1H3;1-4H2;;/q3*-1;;;+2;+1. The van der Waals surface area contributed by atoms with E-state index in [2.05, 4.69) is 64.9 Å². The van der Waals surface area contributed by atoms with Crippen LogP contribution in [0.4, 0.5) is 34.9 Å². The zero-order chi connectivity index (χ0) is 35.4. The number of aryl methyl sites for hydroxylation is 1. The molecule has 264 valence electrons. The molecule has 0 unspecified atom stereocenters. The van der Waals surface area contributed by atoms with Gasteiger partial charge in [0.05, 0.1) is 0 Å². The van der Waals surface area contributed by atoms with E-state index in [1.54, 1.807) is 37.2 Å². The minimum absolute atomic E-state index is 0. The largest absolute Gasteiger partial charge is 2.00 e. The number of rotatable bonds is 6. The molecule has 7 heterocycles. The van der Waals surface area contributed by atoms with E-state index < -0.39 is 0 Å². The maximum absolute atomic E-state index is 4.94. The summed E-state index contributed by atoms with van der Waals surface area (Å²) >= 11 is 0. The fraction of sp³-hybridized carbons (Fsp3) is 0.122. The average Bonchev–Trinajstić information content (AvgIpc) is 3.80. The Kier molecular flexibility index (Phi) is 23.8. The van der Waals surface area contributed by atoms with Crippen LogP contribution >= 0.6 is 0 Å². The van der Waals surface area contributed by atoms with Gasteiger partial charge >= 0.3 is 46.6 Å². The van der Waals surface area contributed by atoms with Gasteiger partial charge in [-0.2, -0.15) is 0 Å². The monoisotopic (exact) mass is 753 g/mol. The van der Waals surface area contributed by atoms with Crippen LogP contribution in [0.2, 0.25) is 0 Å². The number of nitrogens with zero attached hydrogens (tertiary/aromatic N) is 9. The summed E-state index contributed by atoms with van der Waals surface area (Å²) in [4.78, 5) is 24.4. The number of ether oxygens (including phenoxy) is 1. The third-order valence-corrected chi connectivity index (χ3v) is 6.35. The molecular formula is C41H40FeN9NaO. The summed E-state index contributed by atoms with van der Waals surface area (Å²) in [6.45, 7) is 4.08. The van der Waals surface area contributed by atoms with Gasteiger partial charge in [-0.1, -0.05) is 109 Å². The fourth-order valence-corrected chi connectivity index (χ4v) is 3.92. The summed E-state index contributed by atoms with van der Waals surface area (Å²) in [5, 5.41) is 12.7. The van der Waals surface area contributed by atoms with Crippen LogP contribution in [0.1, 0.15) is 18.4 Å². The minimum atomic E-state index is 0. The Morgan fingerprint density at radius 1 is 0.377 bits per heavy atom. The quantitative estimate of drug-likeness (QED) is 0.157. The van der Waals surface area contributed by atoms with E-state index >= 15 is 0 Å². The molecule has 1 aromatic carbocycles. The van der Waals surface area contributed by atoms with Crippen LogP contribution in [0.3, 0.4) is 0 Å². The zero-order valence-electron chi connectivity index (χ0n) is 29.9. The first kappa shape index (κ1) is 44.2. The summed E-state index contributed by atoms with van der Waals surface area (Å²) in [5.74, 6) is 4.09. The molecule has 1 aliphatic heterocycles. The van der Waals surface area contributed by atoms with Gasteiger partial charge in [0, 0.05) is 48.1 Å². The maximum atomic E-state index is 4.94. The third kappa shape index (κ3) is 20.6. The van der Waals surface area contributed by atoms with Crippen molar-refractivity contribution < 1.29 is 51.4 Å². The molecule has 0 saturated carbocycles. The van der Waals surface area contributed by atoms with Gasteiger partial charge in [-0.15, -0.1) is 0 Å². The molecule has 1 fully saturated rings. The van der Waals surface area contributed by atoms with Crippen LogP contribution < -0.4 is 29.6 Å². The molecule has 0 aliphatic carbocycles. The second-order valence-corrected chi connectivity index (χ2v) is 10.4. The summed E-state index contributed by atoms with van der Waals surface area (Å²) in [6.07, 6.45) is 12.8. The van der Waals surface area contributed by atoms with Crippen molar-refractivity contribution in [1.82, 2.24) is 29.9 Å². The molecule has 0 N–H and O–H groups in total. The van der Waals surface area contributed by atoms with Crippen LogP contribution in [0.15, 0.2) is 177 Å². The molecule has 53 heavy (non-hydrogen) atoms. The number of pyridine rings is 6. The Hall–Kier alpha value is -5.00. The molecule has 7 aromatic rings. The van der Waals surface area contributed by atoms with Crippen molar-refractivity contribution in [2.75, 3.05) is 13.2 Å². The summed E-state index contributed by atoms with van der Waals surface area (Å²) in [7, 11) is 0. The van der Waals surface area contributed by atoms with Crippen LogP contribution in [-0.4, -0.2) is 43.1 Å². The summed E-state index contributed by atoms with van der Waals surface area (Å²) in [6, 6.07) is 43.9. The van der Waals surface area contributed by atoms with Gasteiger partial charge in [0.15, 0.2) is 0 Å². The Morgan fingerprint density at radius 2 is 0.623 bits per heavy atom. The van der Waals surface area contributed by atoms with Crippen molar-refractivity contribution in [2.24, 2.45) is 0 Å². The Bertz CT molecular complexity index is 1530. The molecule has 0 bridgehead atoms. The van der Waals surface area contributed by atoms with Gasteiger partial charge in [-0.05, 0) is 93.3 Å². The van der Waals surface area contributed by atoms with E-state index in [4.69, 9.17) is 4.74 Å². The first-order valence-corrected chi connectivity index (χ1v) is 16.5. The van der Waals surface area contributed by atoms with E-state index in [9.17, 15) is 0 Å². The van der Waals surface area contributed by atoms with Crippen molar-refractivity contribution in [3.05, 3.63) is 198 Å². The van der Waals surface area contributed by atoms with Crippen molar-refractivity contribution in [3.63, 3.8) is 0 Å². The SMILES string of the molecule is C1CCOC1.Cc1ccccc1.[Fe+2].[Na+].c1ccc([N-]c2ccccn2)nc1.c1ccc([N-]c2ccccn2)nc1.c1ccc([N-]c2ccccn2)nc1. The minimum Gasteiger partial charge on any atom is -0.381 e. The van der Waals surface area contributed by atoms with Gasteiger partial charge in [0.2, 0.25) is 0 Å². The molecule has 0 atom stereocenters.